The molecule has 0 aromatic heterocycles. The number of hydrogen-bond donors (Lipinski definition) is 1. The Balaban J connectivity index is 0.00000200. The predicted molar refractivity (Wildman–Crippen MR) is 82.7 cm³/mol. The zero-order valence-corrected chi connectivity index (χ0v) is 12.6. The average molecular weight is 300 g/mol. The number of carbonyl (C=O) groups excluding carboxylic acids is 1. The van der Waals surface area contributed by atoms with Gasteiger partial charge in [0.1, 0.15) is 5.75 Å². The molecule has 112 valence electrons. The van der Waals surface area contributed by atoms with E-state index in [2.05, 4.69) is 11.0 Å². The first kappa shape index (κ1) is 16.6. The van der Waals surface area contributed by atoms with E-state index < -0.39 is 0 Å². The third kappa shape index (κ3) is 4.02. The minimum atomic E-state index is 0. The van der Waals surface area contributed by atoms with Crippen molar-refractivity contribution in [3.05, 3.63) is 24.3 Å². The van der Waals surface area contributed by atoms with E-state index in [0.29, 0.717) is 13.0 Å². The quantitative estimate of drug-likeness (QED) is 0.905. The van der Waals surface area contributed by atoms with E-state index >= 15 is 0 Å². The highest BCUT2D eigenvalue weighted by molar-refractivity contribution is 5.85. The Morgan fingerprint density at radius 3 is 2.60 bits per heavy atom. The maximum Gasteiger partial charge on any atom is 0.223 e. The number of ether oxygens (including phenoxy) is 1. The van der Waals surface area contributed by atoms with Crippen molar-refractivity contribution < 1.29 is 9.53 Å². The molecule has 1 aromatic carbocycles. The van der Waals surface area contributed by atoms with Crippen LogP contribution in [0, 0.1) is 0 Å². The largest absolute Gasteiger partial charge is 0.497 e. The van der Waals surface area contributed by atoms with Crippen molar-refractivity contribution in [2.45, 2.75) is 6.42 Å². The summed E-state index contributed by atoms with van der Waals surface area (Å²) >= 11 is 0. The van der Waals surface area contributed by atoms with Gasteiger partial charge in [0.05, 0.1) is 7.11 Å². The molecule has 2 N–H and O–H groups in total. The van der Waals surface area contributed by atoms with E-state index in [1.54, 1.807) is 7.11 Å². The highest BCUT2D eigenvalue weighted by Gasteiger charge is 2.20. The zero-order chi connectivity index (χ0) is 13.7. The van der Waals surface area contributed by atoms with E-state index in [0.717, 1.165) is 37.6 Å². The van der Waals surface area contributed by atoms with Gasteiger partial charge in [-0.3, -0.25) is 4.79 Å². The first-order valence-electron chi connectivity index (χ1n) is 6.61. The first-order chi connectivity index (χ1) is 9.24. The molecule has 0 radical (unpaired) electrons. The Morgan fingerprint density at radius 1 is 1.30 bits per heavy atom. The standard InChI is InChI=1S/C14H21N3O2.ClH/c1-19-13-4-2-3-12(11-13)16-7-9-17(10-8-16)14(18)5-6-15;/h2-4,11H,5-10,15H2,1H3;1H. The number of halogens is 1. The number of nitrogens with two attached hydrogens (primary N) is 1. The summed E-state index contributed by atoms with van der Waals surface area (Å²) in [5.41, 5.74) is 6.56. The summed E-state index contributed by atoms with van der Waals surface area (Å²) in [4.78, 5) is 15.9. The van der Waals surface area contributed by atoms with E-state index in [1.165, 1.54) is 0 Å². The molecule has 0 aliphatic carbocycles. The van der Waals surface area contributed by atoms with Crippen LogP contribution in [-0.4, -0.2) is 50.6 Å². The number of anilines is 1. The topological polar surface area (TPSA) is 58.8 Å². The highest BCUT2D eigenvalue weighted by Crippen LogP contribution is 2.22. The monoisotopic (exact) mass is 299 g/mol. The lowest BCUT2D eigenvalue weighted by Crippen LogP contribution is -2.49. The van der Waals surface area contributed by atoms with Gasteiger partial charge >= 0.3 is 0 Å². The Labute approximate surface area is 126 Å². The summed E-state index contributed by atoms with van der Waals surface area (Å²) < 4.78 is 5.23. The van der Waals surface area contributed by atoms with Crippen LogP contribution in [0.1, 0.15) is 6.42 Å². The van der Waals surface area contributed by atoms with Gasteiger partial charge in [0.2, 0.25) is 5.91 Å². The number of rotatable bonds is 4. The maximum absolute atomic E-state index is 11.7. The Bertz CT molecular complexity index is 434. The summed E-state index contributed by atoms with van der Waals surface area (Å²) in [6, 6.07) is 8.02. The average Bonchev–Trinajstić information content (AvgIpc) is 2.48. The molecule has 1 aliphatic rings. The van der Waals surface area contributed by atoms with Gasteiger partial charge in [-0.2, -0.15) is 0 Å². The van der Waals surface area contributed by atoms with Gasteiger partial charge in [0.15, 0.2) is 0 Å². The molecule has 1 saturated heterocycles. The summed E-state index contributed by atoms with van der Waals surface area (Å²) in [6.45, 7) is 3.65. The lowest BCUT2D eigenvalue weighted by atomic mass is 10.2. The molecule has 20 heavy (non-hydrogen) atoms. The van der Waals surface area contributed by atoms with Gasteiger partial charge in [-0.05, 0) is 12.1 Å². The summed E-state index contributed by atoms with van der Waals surface area (Å²) in [6.07, 6.45) is 0.444. The molecule has 6 heteroatoms. The number of nitrogens with zero attached hydrogens (tertiary/aromatic N) is 2. The molecule has 0 atom stereocenters. The second-order valence-corrected chi connectivity index (χ2v) is 4.61. The van der Waals surface area contributed by atoms with Crippen LogP contribution in [0.3, 0.4) is 0 Å². The fourth-order valence-corrected chi connectivity index (χ4v) is 2.30. The molecule has 0 spiro atoms. The number of piperazine rings is 1. The van der Waals surface area contributed by atoms with Gasteiger partial charge in [-0.25, -0.2) is 0 Å². The van der Waals surface area contributed by atoms with Crippen LogP contribution in [0.4, 0.5) is 5.69 Å². The number of methoxy groups -OCH3 is 1. The minimum absolute atomic E-state index is 0. The smallest absolute Gasteiger partial charge is 0.223 e. The lowest BCUT2D eigenvalue weighted by molar-refractivity contribution is -0.131. The van der Waals surface area contributed by atoms with Crippen LogP contribution < -0.4 is 15.4 Å². The van der Waals surface area contributed by atoms with Crippen molar-refractivity contribution in [2.24, 2.45) is 5.73 Å². The van der Waals surface area contributed by atoms with Crippen molar-refractivity contribution in [1.82, 2.24) is 4.90 Å². The van der Waals surface area contributed by atoms with Gasteiger partial charge in [-0.15, -0.1) is 12.4 Å². The molecular formula is C14H22ClN3O2. The van der Waals surface area contributed by atoms with E-state index in [-0.39, 0.29) is 18.3 Å². The molecular weight excluding hydrogens is 278 g/mol. The van der Waals surface area contributed by atoms with Crippen LogP contribution in [0.5, 0.6) is 5.75 Å². The summed E-state index contributed by atoms with van der Waals surface area (Å²) in [5, 5.41) is 0. The van der Waals surface area contributed by atoms with Gasteiger partial charge < -0.3 is 20.3 Å². The van der Waals surface area contributed by atoms with Crippen molar-refractivity contribution in [1.29, 1.82) is 0 Å². The summed E-state index contributed by atoms with van der Waals surface area (Å²) in [5.74, 6) is 1.02. The van der Waals surface area contributed by atoms with Crippen LogP contribution in [0.2, 0.25) is 0 Å². The predicted octanol–water partition coefficient (Wildman–Crippen LogP) is 1.11. The Hall–Kier alpha value is -1.46. The van der Waals surface area contributed by atoms with Gasteiger partial charge in [0.25, 0.3) is 0 Å². The number of benzene rings is 1. The van der Waals surface area contributed by atoms with Gasteiger partial charge in [0, 0.05) is 50.9 Å². The molecule has 0 unspecified atom stereocenters. The van der Waals surface area contributed by atoms with Crippen molar-refractivity contribution in [2.75, 3.05) is 44.7 Å². The van der Waals surface area contributed by atoms with Crippen molar-refractivity contribution >= 4 is 24.0 Å². The summed E-state index contributed by atoms with van der Waals surface area (Å²) in [7, 11) is 1.67. The number of amides is 1. The molecule has 1 aliphatic heterocycles. The molecule has 1 aromatic rings. The second-order valence-electron chi connectivity index (χ2n) is 4.61. The fourth-order valence-electron chi connectivity index (χ4n) is 2.30. The lowest BCUT2D eigenvalue weighted by Gasteiger charge is -2.36. The molecule has 1 heterocycles. The molecule has 1 amide bonds. The van der Waals surface area contributed by atoms with E-state index in [9.17, 15) is 4.79 Å². The Kier molecular flexibility index (Phi) is 6.61. The van der Waals surface area contributed by atoms with Crippen LogP contribution in [-0.2, 0) is 4.79 Å². The van der Waals surface area contributed by atoms with Crippen LogP contribution in [0.25, 0.3) is 0 Å². The normalized spacial score (nSPS) is 14.7. The van der Waals surface area contributed by atoms with Crippen LogP contribution in [0.15, 0.2) is 24.3 Å². The molecule has 0 bridgehead atoms. The SMILES string of the molecule is COc1cccc(N2CCN(C(=O)CCN)CC2)c1.Cl. The highest BCUT2D eigenvalue weighted by atomic mass is 35.5. The van der Waals surface area contributed by atoms with Crippen LogP contribution >= 0.6 is 12.4 Å². The first-order valence-corrected chi connectivity index (χ1v) is 6.61. The third-order valence-corrected chi connectivity index (χ3v) is 3.41. The van der Waals surface area contributed by atoms with Gasteiger partial charge in [-0.1, -0.05) is 6.07 Å². The Morgan fingerprint density at radius 2 is 2.00 bits per heavy atom. The van der Waals surface area contributed by atoms with Crippen molar-refractivity contribution in [3.63, 3.8) is 0 Å². The second kappa shape index (κ2) is 7.97. The number of carbonyl (C=O) groups is 1. The number of hydrogen-bond acceptors (Lipinski definition) is 4. The molecule has 5 nitrogen and oxygen atoms in total. The molecule has 2 rings (SSSR count). The van der Waals surface area contributed by atoms with E-state index in [1.807, 2.05) is 23.1 Å². The molecule has 0 saturated carbocycles. The zero-order valence-electron chi connectivity index (χ0n) is 11.7. The molecule has 1 fully saturated rings. The van der Waals surface area contributed by atoms with Crippen molar-refractivity contribution in [3.8, 4) is 5.75 Å². The maximum atomic E-state index is 11.7. The minimum Gasteiger partial charge on any atom is -0.497 e. The third-order valence-electron chi connectivity index (χ3n) is 3.41. The van der Waals surface area contributed by atoms with E-state index in [4.69, 9.17) is 10.5 Å². The fraction of sp³-hybridized carbons (Fsp3) is 0.500.